The lowest BCUT2D eigenvalue weighted by Gasteiger charge is -2.14. The van der Waals surface area contributed by atoms with Gasteiger partial charge in [0.25, 0.3) is 5.91 Å². The van der Waals surface area contributed by atoms with Crippen LogP contribution in [0.5, 0.6) is 0 Å². The van der Waals surface area contributed by atoms with Crippen molar-refractivity contribution in [3.8, 4) is 11.1 Å². The van der Waals surface area contributed by atoms with Gasteiger partial charge in [0.15, 0.2) is 6.10 Å². The molecule has 3 rings (SSSR count). The molecule has 1 unspecified atom stereocenters. The largest absolute Gasteiger partial charge is 0.479 e. The number of amides is 2. The van der Waals surface area contributed by atoms with E-state index in [2.05, 4.69) is 22.3 Å². The zero-order chi connectivity index (χ0) is 21.5. The fourth-order valence-electron chi connectivity index (χ4n) is 3.19. The summed E-state index contributed by atoms with van der Waals surface area (Å²) in [5.41, 5.74) is 6.53. The molecule has 8 heteroatoms. The van der Waals surface area contributed by atoms with Gasteiger partial charge in [-0.2, -0.15) is 0 Å². The molecule has 2 aromatic carbocycles. The summed E-state index contributed by atoms with van der Waals surface area (Å²) in [6, 6.07) is 16.1. The molecule has 8 nitrogen and oxygen atoms in total. The van der Waals surface area contributed by atoms with Crippen LogP contribution in [-0.2, 0) is 19.2 Å². The highest BCUT2D eigenvalue weighted by Gasteiger charge is 2.28. The van der Waals surface area contributed by atoms with Gasteiger partial charge in [-0.25, -0.2) is 15.1 Å². The summed E-state index contributed by atoms with van der Waals surface area (Å²) in [6.45, 7) is 1.55. The second-order valence-electron chi connectivity index (χ2n) is 6.67. The van der Waals surface area contributed by atoms with Crippen LogP contribution in [0.15, 0.2) is 60.7 Å². The van der Waals surface area contributed by atoms with Gasteiger partial charge in [-0.1, -0.05) is 54.6 Å². The Morgan fingerprint density at radius 1 is 1.07 bits per heavy atom. The van der Waals surface area contributed by atoms with Gasteiger partial charge < -0.3 is 15.2 Å². The van der Waals surface area contributed by atoms with Gasteiger partial charge in [0.2, 0.25) is 0 Å². The summed E-state index contributed by atoms with van der Waals surface area (Å²) < 4.78 is 5.38. The zero-order valence-electron chi connectivity index (χ0n) is 16.3. The smallest absolute Gasteiger partial charge is 0.407 e. The second kappa shape index (κ2) is 9.71. The molecular weight excluding hydrogens is 388 g/mol. The summed E-state index contributed by atoms with van der Waals surface area (Å²) in [4.78, 5) is 38.7. The van der Waals surface area contributed by atoms with Gasteiger partial charge in [0, 0.05) is 18.5 Å². The maximum Gasteiger partial charge on any atom is 0.407 e. The van der Waals surface area contributed by atoms with E-state index in [1.165, 1.54) is 13.0 Å². The fraction of sp³-hybridized carbons (Fsp3) is 0.227. The van der Waals surface area contributed by atoms with Crippen molar-refractivity contribution in [3.63, 3.8) is 0 Å². The van der Waals surface area contributed by atoms with E-state index in [0.29, 0.717) is 0 Å². The molecule has 156 valence electrons. The summed E-state index contributed by atoms with van der Waals surface area (Å²) >= 11 is 0. The van der Waals surface area contributed by atoms with E-state index in [1.54, 1.807) is 0 Å². The third-order valence-electron chi connectivity index (χ3n) is 4.66. The van der Waals surface area contributed by atoms with Gasteiger partial charge in [-0.3, -0.25) is 9.63 Å². The molecule has 2 aromatic rings. The molecule has 0 spiro atoms. The average molecular weight is 410 g/mol. The summed E-state index contributed by atoms with van der Waals surface area (Å²) in [5, 5.41) is 11.2. The molecule has 3 N–H and O–H groups in total. The molecule has 0 aromatic heterocycles. The molecule has 0 radical (unpaired) electrons. The number of carboxylic acids is 1. The average Bonchev–Trinajstić information content (AvgIpc) is 3.07. The van der Waals surface area contributed by atoms with Gasteiger partial charge in [-0.15, -0.1) is 0 Å². The lowest BCUT2D eigenvalue weighted by atomic mass is 9.98. The second-order valence-corrected chi connectivity index (χ2v) is 6.67. The van der Waals surface area contributed by atoms with Crippen LogP contribution in [0.2, 0.25) is 0 Å². The SMILES string of the molecule is CC(ONC(=O)/C=C/CNC(=O)OCC1c2ccccc2-c2ccccc21)C(=O)O. The molecule has 2 amide bonds. The molecule has 0 heterocycles. The Balaban J connectivity index is 1.45. The van der Waals surface area contributed by atoms with Crippen molar-refractivity contribution in [2.24, 2.45) is 0 Å². The van der Waals surface area contributed by atoms with E-state index in [9.17, 15) is 14.4 Å². The van der Waals surface area contributed by atoms with Gasteiger partial charge in [-0.05, 0) is 29.2 Å². The highest BCUT2D eigenvalue weighted by molar-refractivity contribution is 5.87. The first-order valence-corrected chi connectivity index (χ1v) is 9.41. The van der Waals surface area contributed by atoms with Crippen LogP contribution in [-0.4, -0.2) is 42.3 Å². The Morgan fingerprint density at radius 2 is 1.67 bits per heavy atom. The Kier molecular flexibility index (Phi) is 6.82. The van der Waals surface area contributed by atoms with Crippen molar-refractivity contribution in [1.29, 1.82) is 0 Å². The minimum atomic E-state index is -1.20. The van der Waals surface area contributed by atoms with E-state index in [0.717, 1.165) is 28.3 Å². The van der Waals surface area contributed by atoms with Crippen LogP contribution in [0.3, 0.4) is 0 Å². The number of carboxylic acid groups (broad SMARTS) is 1. The monoisotopic (exact) mass is 410 g/mol. The van der Waals surface area contributed by atoms with Crippen molar-refractivity contribution >= 4 is 18.0 Å². The van der Waals surface area contributed by atoms with Crippen LogP contribution in [0.4, 0.5) is 4.79 Å². The standard InChI is InChI=1S/C22H22N2O6/c1-14(21(26)27)30-24-20(25)11-6-12-23-22(28)29-13-19-17-9-4-2-7-15(17)16-8-3-5-10-18(16)19/h2-11,14,19H,12-13H2,1H3,(H,23,28)(H,24,25)(H,26,27)/b11-6+. The Bertz CT molecular complexity index is 926. The number of fused-ring (bicyclic) bond motifs is 3. The van der Waals surface area contributed by atoms with Crippen molar-refractivity contribution in [1.82, 2.24) is 10.8 Å². The third-order valence-corrected chi connectivity index (χ3v) is 4.66. The number of hydroxylamine groups is 1. The first kappa shape index (κ1) is 21.1. The van der Waals surface area contributed by atoms with Crippen LogP contribution in [0.1, 0.15) is 24.0 Å². The number of carbonyl (C=O) groups is 3. The fourth-order valence-corrected chi connectivity index (χ4v) is 3.19. The lowest BCUT2D eigenvalue weighted by molar-refractivity contribution is -0.157. The number of carbonyl (C=O) groups excluding carboxylic acids is 2. The van der Waals surface area contributed by atoms with Gasteiger partial charge >= 0.3 is 12.1 Å². The first-order valence-electron chi connectivity index (χ1n) is 9.41. The molecule has 0 aliphatic heterocycles. The van der Waals surface area contributed by atoms with E-state index in [4.69, 9.17) is 9.84 Å². The normalized spacial score (nSPS) is 13.4. The molecule has 1 atom stereocenters. The number of alkyl carbamates (subject to hydrolysis) is 1. The number of aliphatic carboxylic acids is 1. The number of hydrogen-bond donors (Lipinski definition) is 3. The van der Waals surface area contributed by atoms with Crippen LogP contribution < -0.4 is 10.8 Å². The van der Waals surface area contributed by atoms with Crippen molar-refractivity contribution < 1.29 is 29.1 Å². The van der Waals surface area contributed by atoms with E-state index >= 15 is 0 Å². The number of ether oxygens (including phenoxy) is 1. The van der Waals surface area contributed by atoms with E-state index in [1.807, 2.05) is 41.9 Å². The van der Waals surface area contributed by atoms with Crippen molar-refractivity contribution in [2.45, 2.75) is 18.9 Å². The van der Waals surface area contributed by atoms with Crippen LogP contribution >= 0.6 is 0 Å². The maximum atomic E-state index is 12.0. The van der Waals surface area contributed by atoms with Crippen LogP contribution in [0.25, 0.3) is 11.1 Å². The Hall–Kier alpha value is -3.65. The highest BCUT2D eigenvalue weighted by Crippen LogP contribution is 2.44. The molecule has 30 heavy (non-hydrogen) atoms. The predicted molar refractivity (Wildman–Crippen MR) is 109 cm³/mol. The minimum absolute atomic E-state index is 0.0298. The predicted octanol–water partition coefficient (Wildman–Crippen LogP) is 2.60. The van der Waals surface area contributed by atoms with E-state index in [-0.39, 0.29) is 19.1 Å². The molecule has 1 aliphatic rings. The number of rotatable bonds is 8. The zero-order valence-corrected chi connectivity index (χ0v) is 16.3. The first-order chi connectivity index (χ1) is 14.5. The molecular formula is C22H22N2O6. The summed E-state index contributed by atoms with van der Waals surface area (Å²) in [5.74, 6) is -1.87. The maximum absolute atomic E-state index is 12.0. The topological polar surface area (TPSA) is 114 Å². The number of nitrogens with one attached hydrogen (secondary N) is 2. The third kappa shape index (κ3) is 5.03. The minimum Gasteiger partial charge on any atom is -0.479 e. The van der Waals surface area contributed by atoms with Crippen molar-refractivity contribution in [2.75, 3.05) is 13.2 Å². The van der Waals surface area contributed by atoms with Gasteiger partial charge in [0.1, 0.15) is 6.61 Å². The number of hydrogen-bond acceptors (Lipinski definition) is 5. The molecule has 0 saturated carbocycles. The van der Waals surface area contributed by atoms with E-state index < -0.39 is 24.1 Å². The molecule has 0 fully saturated rings. The molecule has 0 saturated heterocycles. The number of benzene rings is 2. The summed E-state index contributed by atoms with van der Waals surface area (Å²) in [6.07, 6.45) is 0.753. The van der Waals surface area contributed by atoms with Gasteiger partial charge in [0.05, 0.1) is 0 Å². The van der Waals surface area contributed by atoms with Crippen LogP contribution in [0, 0.1) is 0 Å². The molecule has 0 bridgehead atoms. The highest BCUT2D eigenvalue weighted by atomic mass is 16.7. The molecule has 1 aliphatic carbocycles. The summed E-state index contributed by atoms with van der Waals surface area (Å²) in [7, 11) is 0. The lowest BCUT2D eigenvalue weighted by Crippen LogP contribution is -2.31. The Labute approximate surface area is 173 Å². The van der Waals surface area contributed by atoms with Crippen molar-refractivity contribution in [3.05, 3.63) is 71.8 Å². The quantitative estimate of drug-likeness (QED) is 0.455. The Morgan fingerprint density at radius 3 is 2.27 bits per heavy atom.